The Bertz CT molecular complexity index is 372. The second-order valence-corrected chi connectivity index (χ2v) is 4.17. The molecule has 1 fully saturated rings. The van der Waals surface area contributed by atoms with E-state index in [1.165, 1.54) is 11.1 Å². The molecule has 2 bridgehead atoms. The molecule has 0 N–H and O–H groups in total. The highest BCUT2D eigenvalue weighted by Crippen LogP contribution is 2.53. The number of fused-ring (bicyclic) bond motifs is 5. The summed E-state index contributed by atoms with van der Waals surface area (Å²) < 4.78 is 5.11. The zero-order valence-electron chi connectivity index (χ0n) is 7.85. The highest BCUT2D eigenvalue weighted by Gasteiger charge is 2.44. The molecule has 0 radical (unpaired) electrons. The highest BCUT2D eigenvalue weighted by atomic mass is 16.5. The number of hydrogen-bond donors (Lipinski definition) is 0. The summed E-state index contributed by atoms with van der Waals surface area (Å²) in [6.45, 7) is 0.591. The monoisotopic (exact) mass is 188 g/mol. The summed E-state index contributed by atoms with van der Waals surface area (Å²) in [6, 6.07) is 8.53. The summed E-state index contributed by atoms with van der Waals surface area (Å²) in [5, 5.41) is 0. The number of ether oxygens (including phenoxy) is 1. The van der Waals surface area contributed by atoms with E-state index in [4.69, 9.17) is 4.74 Å². The summed E-state index contributed by atoms with van der Waals surface area (Å²) in [6.07, 6.45) is 2.31. The van der Waals surface area contributed by atoms with Crippen molar-refractivity contribution < 1.29 is 9.53 Å². The fraction of sp³-hybridized carbons (Fsp3) is 0.417. The molecular weight excluding hydrogens is 176 g/mol. The number of hydrogen-bond acceptors (Lipinski definition) is 2. The second kappa shape index (κ2) is 2.84. The van der Waals surface area contributed by atoms with Crippen LogP contribution in [-0.2, 0) is 9.53 Å². The number of carbonyl (C=O) groups is 1. The minimum atomic E-state index is 0.132. The van der Waals surface area contributed by atoms with Crippen LogP contribution < -0.4 is 0 Å². The van der Waals surface area contributed by atoms with Crippen LogP contribution in [0, 0.1) is 0 Å². The van der Waals surface area contributed by atoms with Gasteiger partial charge in [-0.05, 0) is 29.9 Å². The van der Waals surface area contributed by atoms with Gasteiger partial charge in [0.1, 0.15) is 6.10 Å². The van der Waals surface area contributed by atoms with Gasteiger partial charge in [-0.15, -0.1) is 0 Å². The summed E-state index contributed by atoms with van der Waals surface area (Å²) in [5.41, 5.74) is 2.87. The number of rotatable bonds is 2. The van der Waals surface area contributed by atoms with Crippen LogP contribution in [0.2, 0.25) is 0 Å². The van der Waals surface area contributed by atoms with E-state index in [0.29, 0.717) is 18.3 Å². The van der Waals surface area contributed by atoms with Crippen molar-refractivity contribution in [1.29, 1.82) is 0 Å². The van der Waals surface area contributed by atoms with E-state index in [9.17, 15) is 4.79 Å². The average molecular weight is 188 g/mol. The third-order valence-corrected chi connectivity index (χ3v) is 3.57. The Morgan fingerprint density at radius 1 is 1.21 bits per heavy atom. The van der Waals surface area contributed by atoms with E-state index >= 15 is 0 Å². The van der Waals surface area contributed by atoms with E-state index in [0.717, 1.165) is 12.8 Å². The van der Waals surface area contributed by atoms with Crippen molar-refractivity contribution in [3.05, 3.63) is 35.4 Å². The fourth-order valence-electron chi connectivity index (χ4n) is 3.02. The van der Waals surface area contributed by atoms with Crippen molar-refractivity contribution in [2.45, 2.75) is 30.8 Å². The van der Waals surface area contributed by atoms with Gasteiger partial charge in [0.15, 0.2) is 0 Å². The summed E-state index contributed by atoms with van der Waals surface area (Å²) in [4.78, 5) is 10.3. The van der Waals surface area contributed by atoms with E-state index < -0.39 is 0 Å². The minimum Gasteiger partial charge on any atom is -0.464 e. The molecule has 2 aliphatic carbocycles. The van der Waals surface area contributed by atoms with Crippen LogP contribution in [0.15, 0.2) is 24.3 Å². The lowest BCUT2D eigenvalue weighted by Gasteiger charge is -2.22. The lowest BCUT2D eigenvalue weighted by atomic mass is 9.90. The molecule has 0 amide bonds. The number of benzene rings is 1. The Kier molecular flexibility index (Phi) is 1.63. The zero-order chi connectivity index (χ0) is 9.54. The normalized spacial score (nSPS) is 32.7. The molecule has 1 aromatic rings. The van der Waals surface area contributed by atoms with Crippen LogP contribution in [0.4, 0.5) is 0 Å². The predicted octanol–water partition coefficient (Wildman–Crippen LogP) is 2.20. The maximum absolute atomic E-state index is 10.3. The molecule has 3 rings (SSSR count). The standard InChI is InChI=1S/C12H12O2/c13-7-14-12-6-8-5-11(12)10-4-2-1-3-9(8)10/h1-4,7-8,11-12H,5-6H2/t8-,11-,12+/m0/s1. The molecule has 0 spiro atoms. The van der Waals surface area contributed by atoms with E-state index in [2.05, 4.69) is 24.3 Å². The van der Waals surface area contributed by atoms with E-state index in [-0.39, 0.29) is 6.10 Å². The largest absolute Gasteiger partial charge is 0.464 e. The highest BCUT2D eigenvalue weighted by molar-refractivity contribution is 5.45. The topological polar surface area (TPSA) is 26.3 Å². The molecule has 14 heavy (non-hydrogen) atoms. The molecule has 2 nitrogen and oxygen atoms in total. The van der Waals surface area contributed by atoms with E-state index in [1.54, 1.807) is 0 Å². The van der Waals surface area contributed by atoms with Gasteiger partial charge in [-0.25, -0.2) is 0 Å². The van der Waals surface area contributed by atoms with Gasteiger partial charge in [-0.3, -0.25) is 4.79 Å². The van der Waals surface area contributed by atoms with Gasteiger partial charge in [0.25, 0.3) is 6.47 Å². The quantitative estimate of drug-likeness (QED) is 0.665. The molecule has 1 aromatic carbocycles. The van der Waals surface area contributed by atoms with Crippen LogP contribution in [-0.4, -0.2) is 12.6 Å². The van der Waals surface area contributed by atoms with Gasteiger partial charge in [-0.1, -0.05) is 24.3 Å². The Labute approximate surface area is 82.9 Å². The summed E-state index contributed by atoms with van der Waals surface area (Å²) in [5.74, 6) is 1.09. The predicted molar refractivity (Wildman–Crippen MR) is 52.1 cm³/mol. The zero-order valence-corrected chi connectivity index (χ0v) is 7.85. The fourth-order valence-corrected chi connectivity index (χ4v) is 3.02. The summed E-state index contributed by atoms with van der Waals surface area (Å²) >= 11 is 0. The number of carbonyl (C=O) groups excluding carboxylic acids is 1. The Morgan fingerprint density at radius 3 is 2.79 bits per heavy atom. The van der Waals surface area contributed by atoms with Crippen molar-refractivity contribution in [3.63, 3.8) is 0 Å². The molecule has 1 saturated carbocycles. The Morgan fingerprint density at radius 2 is 2.00 bits per heavy atom. The molecule has 2 heteroatoms. The third-order valence-electron chi connectivity index (χ3n) is 3.57. The van der Waals surface area contributed by atoms with Crippen molar-refractivity contribution in [1.82, 2.24) is 0 Å². The molecule has 0 aliphatic heterocycles. The van der Waals surface area contributed by atoms with Gasteiger partial charge >= 0.3 is 0 Å². The van der Waals surface area contributed by atoms with Gasteiger partial charge in [0.2, 0.25) is 0 Å². The summed E-state index contributed by atoms with van der Waals surface area (Å²) in [7, 11) is 0. The van der Waals surface area contributed by atoms with Gasteiger partial charge in [-0.2, -0.15) is 0 Å². The maximum atomic E-state index is 10.3. The van der Waals surface area contributed by atoms with Crippen molar-refractivity contribution in [2.24, 2.45) is 0 Å². The molecule has 0 saturated heterocycles. The maximum Gasteiger partial charge on any atom is 0.293 e. The van der Waals surface area contributed by atoms with Gasteiger partial charge in [0.05, 0.1) is 0 Å². The minimum absolute atomic E-state index is 0.132. The first-order chi connectivity index (χ1) is 6.90. The van der Waals surface area contributed by atoms with Crippen molar-refractivity contribution in [3.8, 4) is 0 Å². The van der Waals surface area contributed by atoms with Gasteiger partial charge < -0.3 is 4.74 Å². The second-order valence-electron chi connectivity index (χ2n) is 4.17. The SMILES string of the molecule is O=CO[C@@H]1C[C@@H]2C[C@H]1c1ccccc12. The van der Waals surface area contributed by atoms with Gasteiger partial charge in [0, 0.05) is 5.92 Å². The lowest BCUT2D eigenvalue weighted by Crippen LogP contribution is -2.19. The van der Waals surface area contributed by atoms with Crippen molar-refractivity contribution >= 4 is 6.47 Å². The molecular formula is C12H12O2. The Balaban J connectivity index is 1.98. The molecule has 72 valence electrons. The van der Waals surface area contributed by atoms with E-state index in [1.807, 2.05) is 0 Å². The average Bonchev–Trinajstić information content (AvgIpc) is 2.77. The first-order valence-electron chi connectivity index (χ1n) is 5.08. The lowest BCUT2D eigenvalue weighted by molar-refractivity contribution is -0.134. The van der Waals surface area contributed by atoms with Crippen molar-refractivity contribution in [2.75, 3.05) is 0 Å². The van der Waals surface area contributed by atoms with Crippen LogP contribution in [0.3, 0.4) is 0 Å². The third kappa shape index (κ3) is 0.939. The molecule has 2 aliphatic rings. The van der Waals surface area contributed by atoms with Crippen LogP contribution in [0.5, 0.6) is 0 Å². The molecule has 3 atom stereocenters. The first kappa shape index (κ1) is 8.04. The molecule has 0 aromatic heterocycles. The first-order valence-corrected chi connectivity index (χ1v) is 5.08. The van der Waals surface area contributed by atoms with Crippen LogP contribution >= 0.6 is 0 Å². The smallest absolute Gasteiger partial charge is 0.293 e. The van der Waals surface area contributed by atoms with Crippen LogP contribution in [0.1, 0.15) is 35.8 Å². The molecule has 0 heterocycles. The Hall–Kier alpha value is -1.31. The molecule has 0 unspecified atom stereocenters. The van der Waals surface area contributed by atoms with Crippen LogP contribution in [0.25, 0.3) is 0 Å².